The van der Waals surface area contributed by atoms with Crippen LogP contribution < -0.4 is 15.4 Å². The summed E-state index contributed by atoms with van der Waals surface area (Å²) < 4.78 is 44.7. The fraction of sp³-hybridized carbons (Fsp3) is 0.321. The summed E-state index contributed by atoms with van der Waals surface area (Å²) in [6, 6.07) is 13.2. The number of carboxylic acid groups (broad SMARTS) is 1. The van der Waals surface area contributed by atoms with Crippen LogP contribution in [-0.4, -0.2) is 41.2 Å². The maximum absolute atomic E-state index is 12.9. The molecule has 3 aromatic rings. The van der Waals surface area contributed by atoms with Crippen LogP contribution in [0.25, 0.3) is 11.3 Å². The molecule has 208 valence electrons. The fourth-order valence-electron chi connectivity index (χ4n) is 3.80. The highest BCUT2D eigenvalue weighted by molar-refractivity contribution is 6.33. The molecule has 0 bridgehead atoms. The van der Waals surface area contributed by atoms with Crippen LogP contribution in [0.5, 0.6) is 5.75 Å². The van der Waals surface area contributed by atoms with Crippen LogP contribution in [0.3, 0.4) is 0 Å². The third-order valence-electron chi connectivity index (χ3n) is 5.66. The number of amides is 1. The molecule has 0 radical (unpaired) electrons. The van der Waals surface area contributed by atoms with Gasteiger partial charge in [-0.1, -0.05) is 31.5 Å². The number of alkyl halides is 3. The summed E-state index contributed by atoms with van der Waals surface area (Å²) in [6.45, 7) is 4.54. The van der Waals surface area contributed by atoms with Crippen molar-refractivity contribution in [1.29, 1.82) is 0 Å². The smallest absolute Gasteiger partial charge is 0.416 e. The molecule has 0 fully saturated rings. The molecule has 3 rings (SSSR count). The van der Waals surface area contributed by atoms with Crippen molar-refractivity contribution in [1.82, 2.24) is 10.3 Å². The summed E-state index contributed by atoms with van der Waals surface area (Å²) >= 11 is 6.08. The predicted octanol–water partition coefficient (Wildman–Crippen LogP) is 6.53. The molecular weight excluding hydrogens is 535 g/mol. The van der Waals surface area contributed by atoms with E-state index in [4.69, 9.17) is 21.4 Å². The number of halogens is 4. The number of aliphatic carboxylic acids is 1. The zero-order chi connectivity index (χ0) is 28.6. The van der Waals surface area contributed by atoms with Crippen molar-refractivity contribution in [3.8, 4) is 17.0 Å². The van der Waals surface area contributed by atoms with E-state index in [0.29, 0.717) is 35.1 Å². The molecule has 11 heteroatoms. The normalized spacial score (nSPS) is 12.2. The second kappa shape index (κ2) is 13.3. The van der Waals surface area contributed by atoms with Crippen LogP contribution in [0.4, 0.5) is 18.9 Å². The first-order chi connectivity index (χ1) is 18.4. The average molecular weight is 564 g/mol. The molecule has 1 aromatic heterocycles. The number of nitrogens with one attached hydrogen (secondary N) is 2. The standard InChI is InChI=1S/C28H29ClF3N3O4/c1-17(2)13-21(35-20-6-3-18(4-7-20)27(38)33-12-11-26(36)37)16-39-22-8-10-25(34-15-22)23-9-5-19(14-24(23)29)28(30,31)32/h3-10,14-15,17,21,35H,11-13,16H2,1-2H3,(H,33,38)(H,36,37)/t21-/m0/s1. The van der Waals surface area contributed by atoms with Crippen LogP contribution in [0, 0.1) is 5.92 Å². The van der Waals surface area contributed by atoms with E-state index in [0.717, 1.165) is 24.2 Å². The molecule has 1 heterocycles. The van der Waals surface area contributed by atoms with E-state index in [2.05, 4.69) is 29.5 Å². The lowest BCUT2D eigenvalue weighted by atomic mass is 10.0. The minimum Gasteiger partial charge on any atom is -0.490 e. The average Bonchev–Trinajstić information content (AvgIpc) is 2.87. The molecule has 0 spiro atoms. The van der Waals surface area contributed by atoms with Gasteiger partial charge in [-0.2, -0.15) is 13.2 Å². The Kier molecular flexibility index (Phi) is 10.2. The molecule has 0 saturated heterocycles. The first-order valence-electron chi connectivity index (χ1n) is 12.2. The van der Waals surface area contributed by atoms with Gasteiger partial charge in [-0.25, -0.2) is 0 Å². The monoisotopic (exact) mass is 563 g/mol. The Morgan fingerprint density at radius 1 is 1.08 bits per heavy atom. The molecule has 1 amide bonds. The number of aromatic nitrogens is 1. The van der Waals surface area contributed by atoms with Gasteiger partial charge in [0.25, 0.3) is 5.91 Å². The van der Waals surface area contributed by atoms with Crippen LogP contribution >= 0.6 is 11.6 Å². The summed E-state index contributed by atoms with van der Waals surface area (Å²) in [7, 11) is 0. The highest BCUT2D eigenvalue weighted by atomic mass is 35.5. The maximum Gasteiger partial charge on any atom is 0.416 e. The van der Waals surface area contributed by atoms with Crippen LogP contribution in [0.2, 0.25) is 5.02 Å². The number of nitrogens with zero attached hydrogens (tertiary/aromatic N) is 1. The zero-order valence-corrected chi connectivity index (χ0v) is 22.1. The Hall–Kier alpha value is -3.79. The Morgan fingerprint density at radius 2 is 1.79 bits per heavy atom. The Balaban J connectivity index is 1.60. The lowest BCUT2D eigenvalue weighted by Crippen LogP contribution is -2.29. The van der Waals surface area contributed by atoms with E-state index < -0.39 is 17.7 Å². The zero-order valence-electron chi connectivity index (χ0n) is 21.4. The molecule has 7 nitrogen and oxygen atoms in total. The van der Waals surface area contributed by atoms with Crippen LogP contribution in [0.1, 0.15) is 42.6 Å². The molecule has 0 aliphatic carbocycles. The fourth-order valence-corrected chi connectivity index (χ4v) is 4.07. The van der Waals surface area contributed by atoms with E-state index in [1.165, 1.54) is 12.3 Å². The van der Waals surface area contributed by atoms with Crippen LogP contribution in [0.15, 0.2) is 60.8 Å². The molecule has 1 atom stereocenters. The van der Waals surface area contributed by atoms with Crippen molar-refractivity contribution in [3.05, 3.63) is 76.9 Å². The van der Waals surface area contributed by atoms with Gasteiger partial charge in [0, 0.05) is 23.4 Å². The Labute approximate surface area is 229 Å². The first-order valence-corrected chi connectivity index (χ1v) is 12.6. The van der Waals surface area contributed by atoms with Gasteiger partial charge in [0.05, 0.1) is 34.9 Å². The summed E-state index contributed by atoms with van der Waals surface area (Å²) in [5, 5.41) is 14.6. The number of anilines is 1. The summed E-state index contributed by atoms with van der Waals surface area (Å²) in [5.41, 5.74) is 1.19. The third-order valence-corrected chi connectivity index (χ3v) is 5.97. The topological polar surface area (TPSA) is 101 Å². The maximum atomic E-state index is 12.9. The summed E-state index contributed by atoms with van der Waals surface area (Å²) in [5.74, 6) is -0.472. The number of pyridine rings is 1. The number of carbonyl (C=O) groups excluding carboxylic acids is 1. The summed E-state index contributed by atoms with van der Waals surface area (Å²) in [4.78, 5) is 27.0. The van der Waals surface area contributed by atoms with E-state index in [1.807, 2.05) is 0 Å². The van der Waals surface area contributed by atoms with Crippen molar-refractivity contribution in [2.45, 2.75) is 38.9 Å². The molecule has 0 aliphatic heterocycles. The lowest BCUT2D eigenvalue weighted by Gasteiger charge is -2.22. The van der Waals surface area contributed by atoms with Crippen LogP contribution in [-0.2, 0) is 11.0 Å². The van der Waals surface area contributed by atoms with Crippen molar-refractivity contribution < 1.29 is 32.6 Å². The number of carbonyl (C=O) groups is 2. The highest BCUT2D eigenvalue weighted by Crippen LogP contribution is 2.35. The van der Waals surface area contributed by atoms with Gasteiger partial charge >= 0.3 is 12.1 Å². The van der Waals surface area contributed by atoms with E-state index in [9.17, 15) is 22.8 Å². The number of benzene rings is 2. The van der Waals surface area contributed by atoms with Gasteiger partial charge < -0.3 is 20.5 Å². The van der Waals surface area contributed by atoms with Gasteiger partial charge in [-0.05, 0) is 60.9 Å². The molecule has 3 N–H and O–H groups in total. The number of carboxylic acids is 1. The Morgan fingerprint density at radius 3 is 2.36 bits per heavy atom. The van der Waals surface area contributed by atoms with Gasteiger partial charge in [0.2, 0.25) is 0 Å². The molecule has 0 aliphatic rings. The third kappa shape index (κ3) is 9.17. The minimum atomic E-state index is -4.48. The van der Waals surface area contributed by atoms with E-state index in [1.54, 1.807) is 36.4 Å². The van der Waals surface area contributed by atoms with Crippen molar-refractivity contribution in [2.75, 3.05) is 18.5 Å². The number of ether oxygens (including phenoxy) is 1. The van der Waals surface area contributed by atoms with E-state index >= 15 is 0 Å². The lowest BCUT2D eigenvalue weighted by molar-refractivity contribution is -0.138. The first kappa shape index (κ1) is 29.8. The van der Waals surface area contributed by atoms with E-state index in [-0.39, 0.29) is 29.9 Å². The second-order valence-corrected chi connectivity index (χ2v) is 9.74. The quantitative estimate of drug-likeness (QED) is 0.232. The number of hydrogen-bond donors (Lipinski definition) is 3. The van der Waals surface area contributed by atoms with Gasteiger partial charge in [-0.3, -0.25) is 14.6 Å². The minimum absolute atomic E-state index is 0.0454. The predicted molar refractivity (Wildman–Crippen MR) is 143 cm³/mol. The molecule has 0 saturated carbocycles. The van der Waals surface area contributed by atoms with Crippen molar-refractivity contribution in [3.63, 3.8) is 0 Å². The SMILES string of the molecule is CC(C)C[C@@H](COc1ccc(-c2ccc(C(F)(F)F)cc2Cl)nc1)Nc1ccc(C(=O)NCCC(=O)O)cc1. The molecule has 2 aromatic carbocycles. The van der Waals surface area contributed by atoms with Crippen molar-refractivity contribution >= 4 is 29.2 Å². The Bertz CT molecular complexity index is 1270. The number of rotatable bonds is 12. The van der Waals surface area contributed by atoms with Gasteiger partial charge in [-0.15, -0.1) is 0 Å². The highest BCUT2D eigenvalue weighted by Gasteiger charge is 2.31. The summed E-state index contributed by atoms with van der Waals surface area (Å²) in [6.07, 6.45) is -2.34. The molecular formula is C28H29ClF3N3O4. The van der Waals surface area contributed by atoms with Gasteiger partial charge in [0.1, 0.15) is 12.4 Å². The molecule has 39 heavy (non-hydrogen) atoms. The number of hydrogen-bond acceptors (Lipinski definition) is 5. The molecule has 0 unspecified atom stereocenters. The second-order valence-electron chi connectivity index (χ2n) is 9.33. The van der Waals surface area contributed by atoms with Gasteiger partial charge in [0.15, 0.2) is 0 Å². The van der Waals surface area contributed by atoms with Crippen molar-refractivity contribution in [2.24, 2.45) is 5.92 Å². The largest absolute Gasteiger partial charge is 0.490 e.